The quantitative estimate of drug-likeness (QED) is 0.898. The number of carbonyl (C=O) groups is 1. The minimum absolute atomic E-state index is 0.312. The van der Waals surface area contributed by atoms with Gasteiger partial charge in [0.05, 0.1) is 12.5 Å². The fourth-order valence-electron chi connectivity index (χ4n) is 2.87. The van der Waals surface area contributed by atoms with Crippen LogP contribution >= 0.6 is 0 Å². The Morgan fingerprint density at radius 3 is 2.80 bits per heavy atom. The van der Waals surface area contributed by atoms with Crippen molar-refractivity contribution in [3.05, 3.63) is 29.8 Å². The molecular formula is C16H23NO3. The third-order valence-electron chi connectivity index (χ3n) is 4.35. The van der Waals surface area contributed by atoms with Crippen molar-refractivity contribution in [2.24, 2.45) is 5.41 Å². The van der Waals surface area contributed by atoms with Gasteiger partial charge in [-0.25, -0.2) is 0 Å². The van der Waals surface area contributed by atoms with Gasteiger partial charge in [0.2, 0.25) is 0 Å². The number of hydrogen-bond donors (Lipinski definition) is 1. The number of hydrogen-bond acceptors (Lipinski definition) is 3. The number of para-hydroxylation sites is 1. The van der Waals surface area contributed by atoms with Crippen LogP contribution in [0.25, 0.3) is 0 Å². The lowest BCUT2D eigenvalue weighted by Crippen LogP contribution is -2.37. The minimum Gasteiger partial charge on any atom is -0.496 e. The summed E-state index contributed by atoms with van der Waals surface area (Å²) < 4.78 is 5.38. The van der Waals surface area contributed by atoms with Gasteiger partial charge in [0, 0.05) is 12.6 Å². The van der Waals surface area contributed by atoms with Gasteiger partial charge < -0.3 is 9.84 Å². The van der Waals surface area contributed by atoms with E-state index in [9.17, 15) is 9.90 Å². The van der Waals surface area contributed by atoms with Crippen LogP contribution in [0.3, 0.4) is 0 Å². The maximum absolute atomic E-state index is 11.3. The molecule has 0 spiro atoms. The number of nitrogens with zero attached hydrogens (tertiary/aromatic N) is 1. The first kappa shape index (κ1) is 14.9. The summed E-state index contributed by atoms with van der Waals surface area (Å²) in [5, 5.41) is 9.30. The Morgan fingerprint density at radius 2 is 2.20 bits per heavy atom. The second kappa shape index (κ2) is 5.83. The maximum Gasteiger partial charge on any atom is 0.310 e. The lowest BCUT2D eigenvalue weighted by molar-refractivity contribution is -0.147. The summed E-state index contributed by atoms with van der Waals surface area (Å²) in [7, 11) is 1.68. The van der Waals surface area contributed by atoms with Crippen LogP contribution in [0.1, 0.15) is 25.8 Å². The van der Waals surface area contributed by atoms with Crippen molar-refractivity contribution in [2.45, 2.75) is 32.7 Å². The van der Waals surface area contributed by atoms with Gasteiger partial charge in [-0.1, -0.05) is 18.2 Å². The molecule has 0 saturated carbocycles. The van der Waals surface area contributed by atoms with Crippen molar-refractivity contribution < 1.29 is 14.6 Å². The summed E-state index contributed by atoms with van der Waals surface area (Å²) >= 11 is 0. The van der Waals surface area contributed by atoms with E-state index < -0.39 is 11.4 Å². The van der Waals surface area contributed by atoms with E-state index in [1.807, 2.05) is 25.1 Å². The summed E-state index contributed by atoms with van der Waals surface area (Å²) in [6.45, 7) is 5.46. The minimum atomic E-state index is -0.690. The highest BCUT2D eigenvalue weighted by molar-refractivity contribution is 5.74. The lowest BCUT2D eigenvalue weighted by Gasteiger charge is -2.26. The zero-order chi connectivity index (χ0) is 14.8. The van der Waals surface area contributed by atoms with E-state index in [0.717, 1.165) is 25.1 Å². The number of carboxylic acids is 1. The SMILES string of the molecule is COc1ccccc1CC(C)N1CCC(C)(C(=O)O)C1. The molecule has 0 aliphatic carbocycles. The van der Waals surface area contributed by atoms with E-state index in [2.05, 4.69) is 17.9 Å². The molecule has 0 bridgehead atoms. The number of methoxy groups -OCH3 is 1. The Morgan fingerprint density at radius 1 is 1.50 bits per heavy atom. The molecule has 1 aliphatic rings. The van der Waals surface area contributed by atoms with Gasteiger partial charge in [0.25, 0.3) is 0 Å². The fraction of sp³-hybridized carbons (Fsp3) is 0.562. The van der Waals surface area contributed by atoms with Gasteiger partial charge in [-0.05, 0) is 44.9 Å². The number of aliphatic carboxylic acids is 1. The van der Waals surface area contributed by atoms with E-state index in [0.29, 0.717) is 12.6 Å². The molecule has 1 aromatic carbocycles. The highest BCUT2D eigenvalue weighted by Gasteiger charge is 2.41. The monoisotopic (exact) mass is 277 g/mol. The van der Waals surface area contributed by atoms with E-state index in [-0.39, 0.29) is 0 Å². The second-order valence-electron chi connectivity index (χ2n) is 5.95. The second-order valence-corrected chi connectivity index (χ2v) is 5.95. The summed E-state index contributed by atoms with van der Waals surface area (Å²) in [6.07, 6.45) is 1.60. The Balaban J connectivity index is 2.03. The first-order valence-electron chi connectivity index (χ1n) is 7.05. The van der Waals surface area contributed by atoms with Crippen LogP contribution in [0.2, 0.25) is 0 Å². The molecule has 110 valence electrons. The summed E-state index contributed by atoms with van der Waals surface area (Å²) in [4.78, 5) is 13.6. The number of likely N-dealkylation sites (tertiary alicyclic amines) is 1. The molecule has 0 radical (unpaired) electrons. The predicted octanol–water partition coefficient (Wildman–Crippen LogP) is 2.42. The standard InChI is InChI=1S/C16H23NO3/c1-12(10-13-6-4-5-7-14(13)20-3)17-9-8-16(2,11-17)15(18)19/h4-7,12H,8-11H2,1-3H3,(H,18,19). The molecule has 0 amide bonds. The first-order chi connectivity index (χ1) is 9.46. The number of carboxylic acid groups (broad SMARTS) is 1. The third kappa shape index (κ3) is 2.96. The lowest BCUT2D eigenvalue weighted by atomic mass is 9.90. The zero-order valence-electron chi connectivity index (χ0n) is 12.4. The zero-order valence-corrected chi connectivity index (χ0v) is 12.4. The van der Waals surface area contributed by atoms with Crippen LogP contribution in [0.15, 0.2) is 24.3 Å². The van der Waals surface area contributed by atoms with Crippen LogP contribution in [0.5, 0.6) is 5.75 Å². The van der Waals surface area contributed by atoms with Crippen molar-refractivity contribution in [1.82, 2.24) is 4.90 Å². The van der Waals surface area contributed by atoms with Gasteiger partial charge >= 0.3 is 5.97 Å². The van der Waals surface area contributed by atoms with Crippen LogP contribution in [0.4, 0.5) is 0 Å². The van der Waals surface area contributed by atoms with Gasteiger partial charge in [-0.15, -0.1) is 0 Å². The van der Waals surface area contributed by atoms with E-state index in [4.69, 9.17) is 4.74 Å². The number of ether oxygens (including phenoxy) is 1. The Hall–Kier alpha value is -1.55. The maximum atomic E-state index is 11.3. The Kier molecular flexibility index (Phi) is 4.33. The molecule has 20 heavy (non-hydrogen) atoms. The van der Waals surface area contributed by atoms with Crippen LogP contribution in [-0.4, -0.2) is 42.2 Å². The summed E-state index contributed by atoms with van der Waals surface area (Å²) in [5.41, 5.74) is 0.570. The van der Waals surface area contributed by atoms with Crippen LogP contribution < -0.4 is 4.74 Å². The molecule has 1 aliphatic heterocycles. The van der Waals surface area contributed by atoms with Gasteiger partial charge in [0.15, 0.2) is 0 Å². The fourth-order valence-corrected chi connectivity index (χ4v) is 2.87. The third-order valence-corrected chi connectivity index (χ3v) is 4.35. The molecule has 4 heteroatoms. The van der Waals surface area contributed by atoms with Crippen LogP contribution in [0, 0.1) is 5.41 Å². The smallest absolute Gasteiger partial charge is 0.310 e. The average molecular weight is 277 g/mol. The van der Waals surface area contributed by atoms with E-state index >= 15 is 0 Å². The highest BCUT2D eigenvalue weighted by atomic mass is 16.5. The molecule has 1 fully saturated rings. The first-order valence-corrected chi connectivity index (χ1v) is 7.05. The Labute approximate surface area is 120 Å². The van der Waals surface area contributed by atoms with Crippen molar-refractivity contribution in [2.75, 3.05) is 20.2 Å². The topological polar surface area (TPSA) is 49.8 Å². The molecule has 2 rings (SSSR count). The van der Waals surface area contributed by atoms with E-state index in [1.54, 1.807) is 7.11 Å². The van der Waals surface area contributed by atoms with E-state index in [1.165, 1.54) is 5.56 Å². The van der Waals surface area contributed by atoms with Crippen molar-refractivity contribution in [3.63, 3.8) is 0 Å². The van der Waals surface area contributed by atoms with Crippen molar-refractivity contribution >= 4 is 5.97 Å². The van der Waals surface area contributed by atoms with Gasteiger partial charge in [-0.3, -0.25) is 9.69 Å². The normalized spacial score (nSPS) is 24.6. The summed E-state index contributed by atoms with van der Waals surface area (Å²) in [6, 6.07) is 8.32. The Bertz CT molecular complexity index is 488. The van der Waals surface area contributed by atoms with Gasteiger partial charge in [0.1, 0.15) is 5.75 Å². The molecule has 0 aromatic heterocycles. The van der Waals surface area contributed by atoms with Gasteiger partial charge in [-0.2, -0.15) is 0 Å². The summed E-state index contributed by atoms with van der Waals surface area (Å²) in [5.74, 6) is 0.212. The number of benzene rings is 1. The molecule has 4 nitrogen and oxygen atoms in total. The van der Waals surface area contributed by atoms with Crippen molar-refractivity contribution in [3.8, 4) is 5.75 Å². The molecule has 1 N–H and O–H groups in total. The molecular weight excluding hydrogens is 254 g/mol. The molecule has 2 atom stereocenters. The number of rotatable bonds is 5. The highest BCUT2D eigenvalue weighted by Crippen LogP contribution is 2.32. The van der Waals surface area contributed by atoms with Crippen molar-refractivity contribution in [1.29, 1.82) is 0 Å². The molecule has 2 unspecified atom stereocenters. The largest absolute Gasteiger partial charge is 0.496 e. The molecule has 1 aromatic rings. The van der Waals surface area contributed by atoms with Crippen LogP contribution in [-0.2, 0) is 11.2 Å². The molecule has 1 saturated heterocycles. The predicted molar refractivity (Wildman–Crippen MR) is 78.1 cm³/mol. The average Bonchev–Trinajstić information content (AvgIpc) is 2.83. The molecule has 1 heterocycles.